The molecular weight excluding hydrogens is 570 g/mol. The molecule has 4 aromatic rings. The van der Waals surface area contributed by atoms with Crippen LogP contribution in [0, 0.1) is 10.1 Å². The van der Waals surface area contributed by atoms with E-state index in [4.69, 9.17) is 9.15 Å². The van der Waals surface area contributed by atoms with E-state index < -0.39 is 34.9 Å². The fraction of sp³-hybridized carbons (Fsp3) is 0.107. The Balaban J connectivity index is 1.59. The van der Waals surface area contributed by atoms with Crippen LogP contribution in [0.5, 0.6) is 0 Å². The van der Waals surface area contributed by atoms with Gasteiger partial charge in [0.1, 0.15) is 6.04 Å². The van der Waals surface area contributed by atoms with Crippen LogP contribution >= 0.6 is 15.9 Å². The second-order valence-electron chi connectivity index (χ2n) is 8.33. The van der Waals surface area contributed by atoms with E-state index in [-0.39, 0.29) is 28.0 Å². The summed E-state index contributed by atoms with van der Waals surface area (Å²) in [5.74, 6) is -2.14. The number of nitro groups is 1. The molecule has 1 aromatic heterocycles. The van der Waals surface area contributed by atoms with Gasteiger partial charge >= 0.3 is 5.97 Å². The molecule has 0 aliphatic rings. The van der Waals surface area contributed by atoms with Gasteiger partial charge in [-0.25, -0.2) is 4.79 Å². The molecule has 1 heterocycles. The summed E-state index contributed by atoms with van der Waals surface area (Å²) in [6.45, 7) is 0. The predicted octanol–water partition coefficient (Wildman–Crippen LogP) is 5.21. The van der Waals surface area contributed by atoms with Crippen molar-refractivity contribution >= 4 is 45.1 Å². The monoisotopic (exact) mass is 591 g/mol. The molecule has 2 amide bonds. The second-order valence-corrected chi connectivity index (χ2v) is 9.19. The predicted molar refractivity (Wildman–Crippen MR) is 145 cm³/mol. The summed E-state index contributed by atoms with van der Waals surface area (Å²) in [5.41, 5.74) is 1.23. The Kier molecular flexibility index (Phi) is 8.85. The molecule has 4 rings (SSSR count). The van der Waals surface area contributed by atoms with Gasteiger partial charge in [0.15, 0.2) is 5.76 Å². The molecule has 0 fully saturated rings. The van der Waals surface area contributed by atoms with E-state index in [0.717, 1.165) is 5.56 Å². The van der Waals surface area contributed by atoms with Crippen LogP contribution in [0.4, 0.5) is 11.4 Å². The fourth-order valence-electron chi connectivity index (χ4n) is 3.70. The molecule has 0 aliphatic carbocycles. The smallest absolute Gasteiger partial charge is 0.330 e. The number of halogens is 1. The number of anilines is 1. The van der Waals surface area contributed by atoms with Crippen LogP contribution in [-0.4, -0.2) is 28.7 Å². The van der Waals surface area contributed by atoms with Gasteiger partial charge in [-0.1, -0.05) is 60.7 Å². The average molecular weight is 592 g/mol. The highest BCUT2D eigenvalue weighted by molar-refractivity contribution is 9.10. The van der Waals surface area contributed by atoms with Crippen LogP contribution < -0.4 is 10.6 Å². The molecule has 0 spiro atoms. The van der Waals surface area contributed by atoms with Crippen molar-refractivity contribution < 1.29 is 28.5 Å². The maximum absolute atomic E-state index is 13.4. The number of hydrogen-bond donors (Lipinski definition) is 2. The molecule has 10 nitrogen and oxygen atoms in total. The lowest BCUT2D eigenvalue weighted by molar-refractivity contribution is -0.384. The number of ether oxygens (including phenoxy) is 1. The van der Waals surface area contributed by atoms with Crippen LogP contribution in [0.1, 0.15) is 27.8 Å². The molecule has 2 unspecified atom stereocenters. The Morgan fingerprint density at radius 2 is 1.64 bits per heavy atom. The number of furan rings is 1. The van der Waals surface area contributed by atoms with Crippen molar-refractivity contribution in [1.82, 2.24) is 5.32 Å². The lowest BCUT2D eigenvalue weighted by Crippen LogP contribution is -2.44. The Bertz CT molecular complexity index is 1460. The van der Waals surface area contributed by atoms with Gasteiger partial charge < -0.3 is 19.8 Å². The molecule has 198 valence electrons. The lowest BCUT2D eigenvalue weighted by atomic mass is 10.0. The quantitative estimate of drug-likeness (QED) is 0.146. The van der Waals surface area contributed by atoms with E-state index in [0.29, 0.717) is 5.56 Å². The van der Waals surface area contributed by atoms with Crippen molar-refractivity contribution in [3.63, 3.8) is 0 Å². The number of amides is 2. The second kappa shape index (κ2) is 12.7. The lowest BCUT2D eigenvalue weighted by Gasteiger charge is -2.23. The minimum absolute atomic E-state index is 0.0150. The summed E-state index contributed by atoms with van der Waals surface area (Å²) in [5, 5.41) is 16.3. The van der Waals surface area contributed by atoms with Crippen LogP contribution in [0.15, 0.2) is 106 Å². The van der Waals surface area contributed by atoms with Crippen LogP contribution in [-0.2, 0) is 20.7 Å². The number of nitro benzene ring substituents is 1. The van der Waals surface area contributed by atoms with Crippen molar-refractivity contribution in [2.75, 3.05) is 5.32 Å². The minimum atomic E-state index is -1.39. The normalized spacial score (nSPS) is 12.1. The Morgan fingerprint density at radius 1 is 0.949 bits per heavy atom. The van der Waals surface area contributed by atoms with E-state index in [9.17, 15) is 24.5 Å². The molecule has 0 saturated heterocycles. The highest BCUT2D eigenvalue weighted by Gasteiger charge is 2.31. The van der Waals surface area contributed by atoms with Gasteiger partial charge in [0.2, 0.25) is 6.10 Å². The maximum Gasteiger partial charge on any atom is 0.330 e. The molecule has 0 saturated carbocycles. The van der Waals surface area contributed by atoms with Gasteiger partial charge in [0, 0.05) is 28.6 Å². The molecule has 2 N–H and O–H groups in total. The van der Waals surface area contributed by atoms with Crippen molar-refractivity contribution in [2.45, 2.75) is 18.6 Å². The minimum Gasteiger partial charge on any atom is -0.459 e. The van der Waals surface area contributed by atoms with Crippen molar-refractivity contribution in [1.29, 1.82) is 0 Å². The van der Waals surface area contributed by atoms with Gasteiger partial charge in [0.05, 0.1) is 16.9 Å². The average Bonchev–Trinajstić information content (AvgIpc) is 3.48. The zero-order chi connectivity index (χ0) is 27.8. The highest BCUT2D eigenvalue weighted by atomic mass is 79.9. The topological polar surface area (TPSA) is 141 Å². The molecular formula is C28H22BrN3O7. The van der Waals surface area contributed by atoms with E-state index in [1.165, 1.54) is 30.5 Å². The number of non-ortho nitro benzene ring substituents is 1. The third-order valence-electron chi connectivity index (χ3n) is 5.61. The highest BCUT2D eigenvalue weighted by Crippen LogP contribution is 2.29. The summed E-state index contributed by atoms with van der Waals surface area (Å²) >= 11 is 3.22. The first-order valence-electron chi connectivity index (χ1n) is 11.7. The summed E-state index contributed by atoms with van der Waals surface area (Å²) in [7, 11) is 0. The zero-order valence-electron chi connectivity index (χ0n) is 20.3. The van der Waals surface area contributed by atoms with Crippen molar-refractivity contribution in [3.05, 3.63) is 129 Å². The van der Waals surface area contributed by atoms with E-state index in [2.05, 4.69) is 26.6 Å². The first kappa shape index (κ1) is 27.3. The maximum atomic E-state index is 13.4. The van der Waals surface area contributed by atoms with Crippen LogP contribution in [0.3, 0.4) is 0 Å². The molecule has 0 aliphatic heterocycles. The van der Waals surface area contributed by atoms with Crippen molar-refractivity contribution in [3.8, 4) is 0 Å². The van der Waals surface area contributed by atoms with Crippen molar-refractivity contribution in [2.24, 2.45) is 0 Å². The number of rotatable bonds is 10. The van der Waals surface area contributed by atoms with Gasteiger partial charge in [-0.2, -0.15) is 0 Å². The van der Waals surface area contributed by atoms with E-state index in [1.54, 1.807) is 60.7 Å². The number of carbonyl (C=O) groups excluding carboxylic acids is 3. The molecule has 11 heteroatoms. The fourth-order valence-corrected chi connectivity index (χ4v) is 4.16. The molecule has 39 heavy (non-hydrogen) atoms. The third-order valence-corrected chi connectivity index (χ3v) is 6.27. The molecule has 0 bridgehead atoms. The Morgan fingerprint density at radius 3 is 2.26 bits per heavy atom. The number of nitrogens with one attached hydrogen (secondary N) is 2. The Labute approximate surface area is 231 Å². The Hall–Kier alpha value is -4.77. The molecule has 3 aromatic carbocycles. The molecule has 0 radical (unpaired) electrons. The number of hydrogen-bond acceptors (Lipinski definition) is 7. The van der Waals surface area contributed by atoms with Crippen LogP contribution in [0.2, 0.25) is 0 Å². The summed E-state index contributed by atoms with van der Waals surface area (Å²) < 4.78 is 11.1. The van der Waals surface area contributed by atoms with Crippen LogP contribution in [0.25, 0.3) is 0 Å². The van der Waals surface area contributed by atoms with Gasteiger partial charge in [-0.05, 0) is 39.7 Å². The third kappa shape index (κ3) is 7.17. The SMILES string of the molecule is O=C(NC(Cc1ccccc1)C(=O)OC(C(=O)Nc1ccc([N+](=O)[O-])cc1Br)c1ccccc1)c1ccco1. The first-order chi connectivity index (χ1) is 18.8. The van der Waals surface area contributed by atoms with Gasteiger partial charge in [-0.3, -0.25) is 19.7 Å². The summed E-state index contributed by atoms with van der Waals surface area (Å²) in [4.78, 5) is 50.0. The summed E-state index contributed by atoms with van der Waals surface area (Å²) in [6.07, 6.45) is 0.0499. The number of nitrogens with zero attached hydrogens (tertiary/aromatic N) is 1. The number of esters is 1. The standard InChI is InChI=1S/C28H22BrN3O7/c29-21-17-20(32(36)37)13-14-22(21)30-27(34)25(19-10-5-2-6-11-19)39-28(35)23(16-18-8-3-1-4-9-18)31-26(33)24-12-7-15-38-24/h1-15,17,23,25H,16H2,(H,30,34)(H,31,33). The van der Waals surface area contributed by atoms with E-state index in [1.807, 2.05) is 6.07 Å². The van der Waals surface area contributed by atoms with Gasteiger partial charge in [0.25, 0.3) is 17.5 Å². The molecule has 2 atom stereocenters. The first-order valence-corrected chi connectivity index (χ1v) is 12.5. The largest absolute Gasteiger partial charge is 0.459 e. The van der Waals surface area contributed by atoms with Gasteiger partial charge in [-0.15, -0.1) is 0 Å². The zero-order valence-corrected chi connectivity index (χ0v) is 21.9. The summed E-state index contributed by atoms with van der Waals surface area (Å²) in [6, 6.07) is 23.1. The number of benzene rings is 3. The van der Waals surface area contributed by atoms with E-state index >= 15 is 0 Å². The number of carbonyl (C=O) groups is 3.